The molecule has 1 aliphatic carbocycles. The third-order valence-corrected chi connectivity index (χ3v) is 7.12. The van der Waals surface area contributed by atoms with Gasteiger partial charge in [-0.1, -0.05) is 60.7 Å². The lowest BCUT2D eigenvalue weighted by molar-refractivity contribution is 0.367. The molecule has 1 unspecified atom stereocenters. The van der Waals surface area contributed by atoms with E-state index in [0.717, 1.165) is 5.56 Å². The van der Waals surface area contributed by atoms with Gasteiger partial charge >= 0.3 is 0 Å². The van der Waals surface area contributed by atoms with E-state index in [1.165, 1.54) is 0 Å². The highest BCUT2D eigenvalue weighted by atomic mass is 19.2. The van der Waals surface area contributed by atoms with Crippen molar-refractivity contribution in [2.24, 2.45) is 0 Å². The van der Waals surface area contributed by atoms with Crippen LogP contribution in [0.2, 0.25) is 0 Å². The average Bonchev–Trinajstić information content (AvgIpc) is 3.69. The minimum atomic E-state index is -0.843. The minimum Gasteiger partial charge on any atom is -0.368 e. The molecule has 2 aliphatic rings. The summed E-state index contributed by atoms with van der Waals surface area (Å²) in [5.41, 5.74) is 2.84. The Hall–Kier alpha value is -2.92. The molecule has 1 atom stereocenters. The number of hydrogen-bond acceptors (Lipinski definition) is 1. The van der Waals surface area contributed by atoms with Crippen LogP contribution >= 0.6 is 0 Å². The standard InChI is InChI=1S/C29H26F4O/c1-2-3-17-4-6-18(7-5-17)21-12-13-22(27(31)26(21)30)19-8-10-20(11-9-19)23-14-15-24(25-16-34-25)29(33)28(23)32/h2-7,12-15,19-20,25H,8-11,16H2,1H3/b3-2+. The van der Waals surface area contributed by atoms with Crippen molar-refractivity contribution in [3.8, 4) is 11.1 Å². The van der Waals surface area contributed by atoms with Crippen molar-refractivity contribution in [2.45, 2.75) is 50.5 Å². The summed E-state index contributed by atoms with van der Waals surface area (Å²) < 4.78 is 64.3. The van der Waals surface area contributed by atoms with Crippen LogP contribution in [0.15, 0.2) is 54.6 Å². The van der Waals surface area contributed by atoms with Gasteiger partial charge < -0.3 is 4.74 Å². The molecule has 3 aromatic rings. The zero-order valence-corrected chi connectivity index (χ0v) is 19.0. The maximum Gasteiger partial charge on any atom is 0.166 e. The van der Waals surface area contributed by atoms with Gasteiger partial charge in [-0.05, 0) is 66.7 Å². The molecule has 1 nitrogen and oxygen atoms in total. The number of allylic oxidation sites excluding steroid dienone is 1. The molecule has 2 fully saturated rings. The molecule has 0 aromatic heterocycles. The van der Waals surface area contributed by atoms with Crippen LogP contribution in [-0.2, 0) is 4.74 Å². The highest BCUT2D eigenvalue weighted by molar-refractivity contribution is 5.67. The first-order valence-electron chi connectivity index (χ1n) is 11.8. The second-order valence-corrected chi connectivity index (χ2v) is 9.19. The molecule has 5 heteroatoms. The van der Waals surface area contributed by atoms with Crippen molar-refractivity contribution < 1.29 is 22.3 Å². The fourth-order valence-corrected chi connectivity index (χ4v) is 5.16. The lowest BCUT2D eigenvalue weighted by atomic mass is 9.75. The molecule has 1 saturated heterocycles. The van der Waals surface area contributed by atoms with Crippen molar-refractivity contribution in [1.29, 1.82) is 0 Å². The Kier molecular flexibility index (Phi) is 6.30. The Morgan fingerprint density at radius 2 is 1.18 bits per heavy atom. The zero-order chi connectivity index (χ0) is 23.8. The number of epoxide rings is 1. The second kappa shape index (κ2) is 9.38. The molecule has 1 heterocycles. The second-order valence-electron chi connectivity index (χ2n) is 9.19. The highest BCUT2D eigenvalue weighted by Crippen LogP contribution is 2.44. The summed E-state index contributed by atoms with van der Waals surface area (Å²) in [6.07, 6.45) is 5.88. The molecule has 3 aromatic carbocycles. The number of ether oxygens (including phenoxy) is 1. The van der Waals surface area contributed by atoms with E-state index >= 15 is 8.78 Å². The van der Waals surface area contributed by atoms with E-state index in [2.05, 4.69) is 0 Å². The molecular formula is C29H26F4O. The largest absolute Gasteiger partial charge is 0.368 e. The third-order valence-electron chi connectivity index (χ3n) is 7.12. The molecule has 176 valence electrons. The summed E-state index contributed by atoms with van der Waals surface area (Å²) in [5.74, 6) is -3.58. The summed E-state index contributed by atoms with van der Waals surface area (Å²) in [6.45, 7) is 2.34. The number of benzene rings is 3. The van der Waals surface area contributed by atoms with Gasteiger partial charge in [-0.25, -0.2) is 17.6 Å². The Morgan fingerprint density at radius 3 is 1.74 bits per heavy atom. The lowest BCUT2D eigenvalue weighted by Gasteiger charge is -2.30. The smallest absolute Gasteiger partial charge is 0.166 e. The van der Waals surface area contributed by atoms with Crippen LogP contribution in [-0.4, -0.2) is 6.61 Å². The van der Waals surface area contributed by atoms with Crippen LogP contribution < -0.4 is 0 Å². The molecule has 1 aliphatic heterocycles. The number of rotatable bonds is 5. The van der Waals surface area contributed by atoms with Crippen LogP contribution in [0.4, 0.5) is 17.6 Å². The van der Waals surface area contributed by atoms with Gasteiger partial charge in [-0.15, -0.1) is 0 Å². The topological polar surface area (TPSA) is 12.5 Å². The van der Waals surface area contributed by atoms with Crippen LogP contribution in [0.3, 0.4) is 0 Å². The minimum absolute atomic E-state index is 0.136. The van der Waals surface area contributed by atoms with E-state index in [-0.39, 0.29) is 29.1 Å². The Labute approximate surface area is 197 Å². The Balaban J connectivity index is 1.31. The van der Waals surface area contributed by atoms with E-state index in [9.17, 15) is 8.78 Å². The maximum absolute atomic E-state index is 15.1. The Morgan fingerprint density at radius 1 is 0.676 bits per heavy atom. The van der Waals surface area contributed by atoms with Crippen LogP contribution in [0, 0.1) is 23.3 Å². The van der Waals surface area contributed by atoms with Crippen molar-refractivity contribution in [3.05, 3.63) is 100 Å². The molecular weight excluding hydrogens is 440 g/mol. The first kappa shape index (κ1) is 22.9. The van der Waals surface area contributed by atoms with Gasteiger partial charge in [0.05, 0.1) is 6.61 Å². The first-order chi connectivity index (χ1) is 16.5. The fourth-order valence-electron chi connectivity index (χ4n) is 5.16. The molecule has 1 saturated carbocycles. The predicted octanol–water partition coefficient (Wildman–Crippen LogP) is 8.46. The molecule has 0 bridgehead atoms. The average molecular weight is 467 g/mol. The van der Waals surface area contributed by atoms with Crippen molar-refractivity contribution in [2.75, 3.05) is 6.61 Å². The molecule has 0 amide bonds. The summed E-state index contributed by atoms with van der Waals surface area (Å²) in [4.78, 5) is 0. The molecule has 34 heavy (non-hydrogen) atoms. The summed E-state index contributed by atoms with van der Waals surface area (Å²) in [6, 6.07) is 13.9. The molecule has 0 radical (unpaired) electrons. The number of halogens is 4. The molecule has 0 N–H and O–H groups in total. The SMILES string of the molecule is C/C=C/c1ccc(-c2ccc(C3CCC(c4ccc(C5CO5)c(F)c4F)CC3)c(F)c2F)cc1. The fraction of sp³-hybridized carbons (Fsp3) is 0.310. The third kappa shape index (κ3) is 4.29. The van der Waals surface area contributed by atoms with Crippen LogP contribution in [0.1, 0.15) is 72.8 Å². The van der Waals surface area contributed by atoms with Gasteiger partial charge in [0.15, 0.2) is 23.3 Å². The van der Waals surface area contributed by atoms with E-state index in [4.69, 9.17) is 4.74 Å². The quantitative estimate of drug-likeness (QED) is 0.271. The van der Waals surface area contributed by atoms with E-state index in [1.807, 2.05) is 31.2 Å². The van der Waals surface area contributed by atoms with Gasteiger partial charge in [-0.3, -0.25) is 0 Å². The van der Waals surface area contributed by atoms with Gasteiger partial charge in [0.25, 0.3) is 0 Å². The molecule has 5 rings (SSSR count). The first-order valence-corrected chi connectivity index (χ1v) is 11.8. The predicted molar refractivity (Wildman–Crippen MR) is 126 cm³/mol. The Bertz CT molecular complexity index is 1220. The van der Waals surface area contributed by atoms with Crippen molar-refractivity contribution in [3.63, 3.8) is 0 Å². The van der Waals surface area contributed by atoms with E-state index < -0.39 is 23.3 Å². The van der Waals surface area contributed by atoms with Gasteiger partial charge in [0.1, 0.15) is 6.10 Å². The number of hydrogen-bond donors (Lipinski definition) is 0. The summed E-state index contributed by atoms with van der Waals surface area (Å²) in [5, 5.41) is 0. The van der Waals surface area contributed by atoms with Crippen molar-refractivity contribution >= 4 is 6.08 Å². The van der Waals surface area contributed by atoms with E-state index in [1.54, 1.807) is 36.4 Å². The van der Waals surface area contributed by atoms with Crippen LogP contribution in [0.5, 0.6) is 0 Å². The summed E-state index contributed by atoms with van der Waals surface area (Å²) in [7, 11) is 0. The van der Waals surface area contributed by atoms with Gasteiger partial charge in [0, 0.05) is 11.1 Å². The maximum atomic E-state index is 15.1. The van der Waals surface area contributed by atoms with Crippen molar-refractivity contribution in [1.82, 2.24) is 0 Å². The lowest BCUT2D eigenvalue weighted by Crippen LogP contribution is -2.15. The highest BCUT2D eigenvalue weighted by Gasteiger charge is 2.33. The normalized spacial score (nSPS) is 22.3. The van der Waals surface area contributed by atoms with E-state index in [0.29, 0.717) is 49.0 Å². The zero-order valence-electron chi connectivity index (χ0n) is 19.0. The summed E-state index contributed by atoms with van der Waals surface area (Å²) >= 11 is 0. The van der Waals surface area contributed by atoms with Crippen LogP contribution in [0.25, 0.3) is 17.2 Å². The molecule has 0 spiro atoms. The van der Waals surface area contributed by atoms with Gasteiger partial charge in [-0.2, -0.15) is 0 Å². The van der Waals surface area contributed by atoms with Gasteiger partial charge in [0.2, 0.25) is 0 Å². The monoisotopic (exact) mass is 466 g/mol.